The van der Waals surface area contributed by atoms with Crippen molar-refractivity contribution in [1.29, 1.82) is 0 Å². The van der Waals surface area contributed by atoms with E-state index in [1.54, 1.807) is 0 Å². The summed E-state index contributed by atoms with van der Waals surface area (Å²) >= 11 is 0. The average Bonchev–Trinajstić information content (AvgIpc) is 1.85. The number of hydrogen-bond donors (Lipinski definition) is 0. The highest BCUT2D eigenvalue weighted by molar-refractivity contribution is 6.69. The van der Waals surface area contributed by atoms with Gasteiger partial charge in [-0.25, -0.2) is 0 Å². The molecule has 0 unspecified atom stereocenters. The van der Waals surface area contributed by atoms with Gasteiger partial charge in [-0.15, -0.1) is 6.42 Å². The molecule has 0 spiro atoms. The first kappa shape index (κ1) is 10.7. The predicted molar refractivity (Wildman–Crippen MR) is 49.0 cm³/mol. The lowest BCUT2D eigenvalue weighted by molar-refractivity contribution is 0.122. The van der Waals surface area contributed by atoms with Gasteiger partial charge in [0.2, 0.25) is 0 Å². The fourth-order valence-electron chi connectivity index (χ4n) is 0.538. The van der Waals surface area contributed by atoms with Gasteiger partial charge in [0.1, 0.15) is 6.61 Å². The van der Waals surface area contributed by atoms with Gasteiger partial charge in [0, 0.05) is 0 Å². The summed E-state index contributed by atoms with van der Waals surface area (Å²) in [5.41, 5.74) is 0. The second-order valence-corrected chi connectivity index (χ2v) is 7.73. The van der Waals surface area contributed by atoms with Crippen LogP contribution >= 0.6 is 0 Å². The van der Waals surface area contributed by atoms with Crippen LogP contribution in [0.2, 0.25) is 19.6 Å². The van der Waals surface area contributed by atoms with Gasteiger partial charge in [0.15, 0.2) is 8.32 Å². The summed E-state index contributed by atoms with van der Waals surface area (Å²) < 4.78 is 10.6. The van der Waals surface area contributed by atoms with Gasteiger partial charge in [0.25, 0.3) is 0 Å². The van der Waals surface area contributed by atoms with Crippen LogP contribution < -0.4 is 0 Å². The summed E-state index contributed by atoms with van der Waals surface area (Å²) in [4.78, 5) is 0. The first-order valence-electron chi connectivity index (χ1n) is 3.71. The Morgan fingerprint density at radius 3 is 2.36 bits per heavy atom. The van der Waals surface area contributed by atoms with E-state index in [9.17, 15) is 0 Å². The van der Waals surface area contributed by atoms with Crippen LogP contribution in [0.5, 0.6) is 0 Å². The Balaban J connectivity index is 3.10. The summed E-state index contributed by atoms with van der Waals surface area (Å²) in [6, 6.07) is 0. The van der Waals surface area contributed by atoms with E-state index in [2.05, 4.69) is 25.6 Å². The third kappa shape index (κ3) is 9.70. The molecule has 0 aromatic rings. The van der Waals surface area contributed by atoms with Gasteiger partial charge < -0.3 is 9.16 Å². The van der Waals surface area contributed by atoms with Crippen LogP contribution in [0.3, 0.4) is 0 Å². The van der Waals surface area contributed by atoms with Crippen LogP contribution in [0.15, 0.2) is 0 Å². The molecule has 0 amide bonds. The monoisotopic (exact) mass is 172 g/mol. The first-order chi connectivity index (χ1) is 5.06. The molecule has 0 fully saturated rings. The fraction of sp³-hybridized carbons (Fsp3) is 0.750. The molecule has 0 radical (unpaired) electrons. The highest BCUT2D eigenvalue weighted by Crippen LogP contribution is 2.01. The SMILES string of the molecule is C#CCOCCO[Si](C)(C)C. The summed E-state index contributed by atoms with van der Waals surface area (Å²) in [5, 5.41) is 0. The maximum Gasteiger partial charge on any atom is 0.183 e. The number of ether oxygens (including phenoxy) is 1. The van der Waals surface area contributed by atoms with Crippen LogP contribution in [0, 0.1) is 12.3 Å². The van der Waals surface area contributed by atoms with Crippen LogP contribution in [0.4, 0.5) is 0 Å². The fourth-order valence-corrected chi connectivity index (χ4v) is 1.23. The standard InChI is InChI=1S/C8H16O2Si/c1-5-6-9-7-8-10-11(2,3)4/h1H,6-8H2,2-4H3. The molecule has 0 aliphatic carbocycles. The number of terminal acetylenes is 1. The molecule has 2 nitrogen and oxygen atoms in total. The van der Waals surface area contributed by atoms with Crippen LogP contribution in [-0.2, 0) is 9.16 Å². The lowest BCUT2D eigenvalue weighted by Gasteiger charge is -2.16. The lowest BCUT2D eigenvalue weighted by atomic mass is 10.7. The molecule has 3 heteroatoms. The third-order valence-electron chi connectivity index (χ3n) is 0.948. The van der Waals surface area contributed by atoms with Gasteiger partial charge in [0.05, 0.1) is 13.2 Å². The zero-order valence-electron chi connectivity index (χ0n) is 7.52. The van der Waals surface area contributed by atoms with Crippen molar-refractivity contribution in [1.82, 2.24) is 0 Å². The van der Waals surface area contributed by atoms with Crippen molar-refractivity contribution < 1.29 is 9.16 Å². The van der Waals surface area contributed by atoms with Crippen LogP contribution in [-0.4, -0.2) is 28.1 Å². The van der Waals surface area contributed by atoms with Crippen molar-refractivity contribution in [3.8, 4) is 12.3 Å². The summed E-state index contributed by atoms with van der Waals surface area (Å²) in [6.07, 6.45) is 4.99. The second kappa shape index (κ2) is 5.36. The van der Waals surface area contributed by atoms with Gasteiger partial charge in [-0.2, -0.15) is 0 Å². The Kier molecular flexibility index (Phi) is 5.21. The smallest absolute Gasteiger partial charge is 0.183 e. The molecule has 0 rings (SSSR count). The maximum atomic E-state index is 5.52. The molecule has 0 saturated heterocycles. The van der Waals surface area contributed by atoms with E-state index in [1.807, 2.05) is 0 Å². The molecular weight excluding hydrogens is 156 g/mol. The molecule has 0 aliphatic heterocycles. The van der Waals surface area contributed by atoms with E-state index in [1.165, 1.54) is 0 Å². The minimum atomic E-state index is -1.35. The van der Waals surface area contributed by atoms with Gasteiger partial charge in [-0.1, -0.05) is 5.92 Å². The third-order valence-corrected chi connectivity index (χ3v) is 2.02. The lowest BCUT2D eigenvalue weighted by Crippen LogP contribution is -2.27. The molecule has 0 saturated carbocycles. The summed E-state index contributed by atoms with van der Waals surface area (Å²) in [7, 11) is -1.35. The van der Waals surface area contributed by atoms with Gasteiger partial charge in [-0.3, -0.25) is 0 Å². The highest BCUT2D eigenvalue weighted by atomic mass is 28.4. The molecule has 11 heavy (non-hydrogen) atoms. The quantitative estimate of drug-likeness (QED) is 0.355. The minimum Gasteiger partial charge on any atom is -0.415 e. The molecule has 0 bridgehead atoms. The van der Waals surface area contributed by atoms with Crippen molar-refractivity contribution in [2.45, 2.75) is 19.6 Å². The Morgan fingerprint density at radius 2 is 1.91 bits per heavy atom. The Bertz CT molecular complexity index is 132. The van der Waals surface area contributed by atoms with Crippen molar-refractivity contribution in [3.63, 3.8) is 0 Å². The van der Waals surface area contributed by atoms with Crippen molar-refractivity contribution >= 4 is 8.32 Å². The second-order valence-electron chi connectivity index (χ2n) is 3.22. The van der Waals surface area contributed by atoms with Crippen molar-refractivity contribution in [2.24, 2.45) is 0 Å². The normalized spacial score (nSPS) is 11.1. The largest absolute Gasteiger partial charge is 0.415 e. The topological polar surface area (TPSA) is 18.5 Å². The predicted octanol–water partition coefficient (Wildman–Crippen LogP) is 1.49. The average molecular weight is 172 g/mol. The summed E-state index contributed by atoms with van der Waals surface area (Å²) in [6.45, 7) is 8.09. The van der Waals surface area contributed by atoms with Crippen molar-refractivity contribution in [3.05, 3.63) is 0 Å². The first-order valence-corrected chi connectivity index (χ1v) is 7.12. The summed E-state index contributed by atoms with van der Waals surface area (Å²) in [5.74, 6) is 2.40. The molecule has 0 atom stereocenters. The number of rotatable bonds is 5. The van der Waals surface area contributed by atoms with E-state index in [-0.39, 0.29) is 0 Å². The molecular formula is C8H16O2Si. The Morgan fingerprint density at radius 1 is 1.27 bits per heavy atom. The van der Waals surface area contributed by atoms with Crippen LogP contribution in [0.1, 0.15) is 0 Å². The maximum absolute atomic E-state index is 5.52. The molecule has 0 aromatic carbocycles. The van der Waals surface area contributed by atoms with E-state index >= 15 is 0 Å². The zero-order chi connectivity index (χ0) is 8.74. The van der Waals surface area contributed by atoms with E-state index in [0.29, 0.717) is 19.8 Å². The van der Waals surface area contributed by atoms with Gasteiger partial charge >= 0.3 is 0 Å². The van der Waals surface area contributed by atoms with E-state index in [4.69, 9.17) is 15.6 Å². The molecule has 0 N–H and O–H groups in total. The minimum absolute atomic E-state index is 0.384. The number of hydrogen-bond acceptors (Lipinski definition) is 2. The van der Waals surface area contributed by atoms with Gasteiger partial charge in [-0.05, 0) is 19.6 Å². The Hall–Kier alpha value is -0.303. The molecule has 0 heterocycles. The molecule has 64 valence electrons. The Labute approximate surface area is 70.0 Å². The van der Waals surface area contributed by atoms with Crippen LogP contribution in [0.25, 0.3) is 0 Å². The molecule has 0 aromatic heterocycles. The van der Waals surface area contributed by atoms with E-state index in [0.717, 1.165) is 0 Å². The molecule has 0 aliphatic rings. The highest BCUT2D eigenvalue weighted by Gasteiger charge is 2.12. The zero-order valence-corrected chi connectivity index (χ0v) is 8.52. The van der Waals surface area contributed by atoms with E-state index < -0.39 is 8.32 Å². The van der Waals surface area contributed by atoms with Crippen molar-refractivity contribution in [2.75, 3.05) is 19.8 Å².